The van der Waals surface area contributed by atoms with Gasteiger partial charge in [0.15, 0.2) is 0 Å². The lowest BCUT2D eigenvalue weighted by atomic mass is 9.85. The van der Waals surface area contributed by atoms with Crippen molar-refractivity contribution in [2.24, 2.45) is 0 Å². The molecule has 4 rings (SSSR count). The van der Waals surface area contributed by atoms with Gasteiger partial charge < -0.3 is 15.1 Å². The molecule has 2 aromatic carbocycles. The third-order valence-corrected chi connectivity index (χ3v) is 7.47. The number of aliphatic hydroxyl groups is 2. The molecule has 0 saturated heterocycles. The van der Waals surface area contributed by atoms with Gasteiger partial charge in [-0.3, -0.25) is 4.79 Å². The first-order valence-corrected chi connectivity index (χ1v) is 12.4. The molecule has 38 heavy (non-hydrogen) atoms. The summed E-state index contributed by atoms with van der Waals surface area (Å²) in [7, 11) is 0. The van der Waals surface area contributed by atoms with Crippen molar-refractivity contribution < 1.29 is 23.8 Å². The number of nitrogens with zero attached hydrogens (tertiary/aromatic N) is 6. The number of thiazole rings is 1. The average Bonchev–Trinajstić information content (AvgIpc) is 3.55. The van der Waals surface area contributed by atoms with Crippen molar-refractivity contribution in [3.8, 4) is 16.6 Å². The maximum absolute atomic E-state index is 15.0. The van der Waals surface area contributed by atoms with E-state index >= 15 is 0 Å². The number of carbonyl (C=O) groups is 1. The summed E-state index contributed by atoms with van der Waals surface area (Å²) in [5.41, 5.74) is -0.681. The first-order chi connectivity index (χ1) is 18.2. The molecule has 9 nitrogen and oxygen atoms in total. The summed E-state index contributed by atoms with van der Waals surface area (Å²) in [6.07, 6.45) is 2.57. The molecule has 0 aliphatic heterocycles. The quantitative estimate of drug-likeness (QED) is 0.335. The standard InChI is InChI=1S/C26H24F2N6O3S/c1-16-23(38-24(32-16)19-5-3-18(12-29)4-6-19)25(36)34(9-10-35)17(2)26(37,13-33-15-30-14-31-33)21-8-7-20(27)11-22(21)28/h3-8,11,14-15,17,35,37H,9-10,13H2,1-2H3. The van der Waals surface area contributed by atoms with Crippen LogP contribution < -0.4 is 0 Å². The number of carbonyl (C=O) groups excluding carboxylic acids is 1. The Labute approximate surface area is 221 Å². The van der Waals surface area contributed by atoms with Crippen LogP contribution in [0.1, 0.15) is 33.4 Å². The minimum Gasteiger partial charge on any atom is -0.395 e. The fourth-order valence-electron chi connectivity index (χ4n) is 4.22. The first-order valence-electron chi connectivity index (χ1n) is 11.6. The normalized spacial score (nSPS) is 13.5. The number of benzene rings is 2. The highest BCUT2D eigenvalue weighted by molar-refractivity contribution is 7.17. The van der Waals surface area contributed by atoms with E-state index in [9.17, 15) is 23.8 Å². The van der Waals surface area contributed by atoms with E-state index in [0.717, 1.165) is 23.5 Å². The smallest absolute Gasteiger partial charge is 0.266 e. The van der Waals surface area contributed by atoms with E-state index in [0.29, 0.717) is 27.9 Å². The minimum absolute atomic E-state index is 0.175. The number of aliphatic hydroxyl groups excluding tert-OH is 1. The van der Waals surface area contributed by atoms with Crippen molar-refractivity contribution in [1.82, 2.24) is 24.6 Å². The molecule has 2 unspecified atom stereocenters. The SMILES string of the molecule is Cc1nc(-c2ccc(C#N)cc2)sc1C(=O)N(CCO)C(C)C(O)(Cn1cncn1)c1ccc(F)cc1F. The van der Waals surface area contributed by atoms with Gasteiger partial charge in [0, 0.05) is 23.7 Å². The molecule has 0 saturated carbocycles. The van der Waals surface area contributed by atoms with Crippen LogP contribution in [0.3, 0.4) is 0 Å². The van der Waals surface area contributed by atoms with E-state index in [1.54, 1.807) is 31.2 Å². The molecule has 196 valence electrons. The Balaban J connectivity index is 1.74. The highest BCUT2D eigenvalue weighted by Crippen LogP contribution is 2.35. The molecule has 2 aromatic heterocycles. The van der Waals surface area contributed by atoms with Gasteiger partial charge in [-0.05, 0) is 32.0 Å². The Morgan fingerprint density at radius 3 is 2.61 bits per heavy atom. The summed E-state index contributed by atoms with van der Waals surface area (Å²) >= 11 is 1.12. The van der Waals surface area contributed by atoms with Gasteiger partial charge in [0.2, 0.25) is 0 Å². The Hall–Kier alpha value is -4.05. The van der Waals surface area contributed by atoms with Crippen molar-refractivity contribution >= 4 is 17.2 Å². The molecule has 4 aromatic rings. The summed E-state index contributed by atoms with van der Waals surface area (Å²) in [5.74, 6) is -2.34. The predicted molar refractivity (Wildman–Crippen MR) is 135 cm³/mol. The zero-order valence-corrected chi connectivity index (χ0v) is 21.4. The van der Waals surface area contributed by atoms with E-state index in [4.69, 9.17) is 5.26 Å². The molecule has 12 heteroatoms. The van der Waals surface area contributed by atoms with E-state index in [2.05, 4.69) is 15.1 Å². The number of rotatable bonds is 9. The fraction of sp³-hybridized carbons (Fsp3) is 0.269. The van der Waals surface area contributed by atoms with Crippen LogP contribution in [0.4, 0.5) is 8.78 Å². The Bertz CT molecular complexity index is 1470. The largest absolute Gasteiger partial charge is 0.395 e. The van der Waals surface area contributed by atoms with Crippen LogP contribution in [-0.4, -0.2) is 60.0 Å². The van der Waals surface area contributed by atoms with E-state index in [-0.39, 0.29) is 23.5 Å². The molecule has 0 fully saturated rings. The number of aromatic nitrogens is 4. The van der Waals surface area contributed by atoms with Gasteiger partial charge in [0.05, 0.1) is 36.5 Å². The number of aryl methyl sites for hydroxylation is 1. The van der Waals surface area contributed by atoms with Crippen LogP contribution in [0, 0.1) is 29.9 Å². The van der Waals surface area contributed by atoms with Crippen molar-refractivity contribution in [3.05, 3.63) is 88.5 Å². The van der Waals surface area contributed by atoms with Crippen molar-refractivity contribution in [2.45, 2.75) is 32.0 Å². The van der Waals surface area contributed by atoms with Gasteiger partial charge in [-0.25, -0.2) is 23.4 Å². The molecule has 0 radical (unpaired) electrons. The maximum Gasteiger partial charge on any atom is 0.266 e. The Kier molecular flexibility index (Phi) is 7.91. The summed E-state index contributed by atoms with van der Waals surface area (Å²) in [4.78, 5) is 23.7. The Morgan fingerprint density at radius 1 is 1.26 bits per heavy atom. The second-order valence-corrected chi connectivity index (χ2v) is 9.66. The average molecular weight is 539 g/mol. The van der Waals surface area contributed by atoms with Crippen LogP contribution in [-0.2, 0) is 12.1 Å². The number of hydrogen-bond donors (Lipinski definition) is 2. The molecule has 1 amide bonds. The topological polar surface area (TPSA) is 128 Å². The van der Waals surface area contributed by atoms with Gasteiger partial charge in [-0.1, -0.05) is 18.2 Å². The minimum atomic E-state index is -2.08. The third kappa shape index (κ3) is 5.31. The second-order valence-electron chi connectivity index (χ2n) is 8.66. The van der Waals surface area contributed by atoms with Gasteiger partial charge in [-0.2, -0.15) is 10.4 Å². The van der Waals surface area contributed by atoms with Crippen molar-refractivity contribution in [2.75, 3.05) is 13.2 Å². The third-order valence-electron chi connectivity index (χ3n) is 6.28. The van der Waals surface area contributed by atoms with Crippen LogP contribution >= 0.6 is 11.3 Å². The van der Waals surface area contributed by atoms with Crippen molar-refractivity contribution in [3.63, 3.8) is 0 Å². The maximum atomic E-state index is 15.0. The van der Waals surface area contributed by atoms with Gasteiger partial charge >= 0.3 is 0 Å². The predicted octanol–water partition coefficient (Wildman–Crippen LogP) is 3.27. The van der Waals surface area contributed by atoms with Crippen LogP contribution in [0.15, 0.2) is 55.1 Å². The number of hydrogen-bond acceptors (Lipinski definition) is 8. The lowest BCUT2D eigenvalue weighted by Crippen LogP contribution is -2.54. The second kappa shape index (κ2) is 11.1. The molecule has 2 atom stereocenters. The molecule has 0 aliphatic rings. The summed E-state index contributed by atoms with van der Waals surface area (Å²) in [6, 6.07) is 10.5. The lowest BCUT2D eigenvalue weighted by Gasteiger charge is -2.41. The molecule has 0 spiro atoms. The molecule has 0 bridgehead atoms. The molecular weight excluding hydrogens is 514 g/mol. The lowest BCUT2D eigenvalue weighted by molar-refractivity contribution is -0.0578. The highest BCUT2D eigenvalue weighted by Gasteiger charge is 2.44. The number of nitriles is 1. The van der Waals surface area contributed by atoms with E-state index < -0.39 is 35.8 Å². The van der Waals surface area contributed by atoms with Gasteiger partial charge in [-0.15, -0.1) is 11.3 Å². The zero-order valence-electron chi connectivity index (χ0n) is 20.5. The van der Waals surface area contributed by atoms with Crippen LogP contribution in [0.2, 0.25) is 0 Å². The fourth-order valence-corrected chi connectivity index (χ4v) is 5.24. The molecule has 0 aliphatic carbocycles. The van der Waals surface area contributed by atoms with E-state index in [1.165, 1.54) is 29.2 Å². The highest BCUT2D eigenvalue weighted by atomic mass is 32.1. The summed E-state index contributed by atoms with van der Waals surface area (Å²) < 4.78 is 30.0. The summed E-state index contributed by atoms with van der Waals surface area (Å²) in [5, 5.41) is 35.3. The van der Waals surface area contributed by atoms with E-state index in [1.807, 2.05) is 6.07 Å². The first kappa shape index (κ1) is 27.0. The molecule has 2 heterocycles. The zero-order chi connectivity index (χ0) is 27.4. The molecule has 2 N–H and O–H groups in total. The van der Waals surface area contributed by atoms with Gasteiger partial charge in [0.1, 0.15) is 39.8 Å². The van der Waals surface area contributed by atoms with Crippen molar-refractivity contribution in [1.29, 1.82) is 5.26 Å². The monoisotopic (exact) mass is 538 g/mol. The van der Waals surface area contributed by atoms with Gasteiger partial charge in [0.25, 0.3) is 5.91 Å². The van der Waals surface area contributed by atoms with Crippen LogP contribution in [0.5, 0.6) is 0 Å². The number of amides is 1. The number of halogens is 2. The Morgan fingerprint density at radius 2 is 2.00 bits per heavy atom. The molecular formula is C26H24F2N6O3S. The van der Waals surface area contributed by atoms with Crippen LogP contribution in [0.25, 0.3) is 10.6 Å². The summed E-state index contributed by atoms with van der Waals surface area (Å²) in [6.45, 7) is 2.28.